The predicted molar refractivity (Wildman–Crippen MR) is 82.7 cm³/mol. The van der Waals surface area contributed by atoms with E-state index in [0.29, 0.717) is 11.7 Å². The van der Waals surface area contributed by atoms with Crippen molar-refractivity contribution < 1.29 is 4.92 Å². The number of likely N-dealkylation sites (N-methyl/N-ethyl adjacent to an activating group) is 1. The molecule has 1 aliphatic heterocycles. The third kappa shape index (κ3) is 2.67. The Labute approximate surface area is 122 Å². The maximum absolute atomic E-state index is 11.3. The van der Waals surface area contributed by atoms with E-state index >= 15 is 0 Å². The Kier molecular flexibility index (Phi) is 3.70. The van der Waals surface area contributed by atoms with Gasteiger partial charge in [0.25, 0.3) is 0 Å². The number of benzene rings is 1. The summed E-state index contributed by atoms with van der Waals surface area (Å²) in [6.07, 6.45) is 3.63. The van der Waals surface area contributed by atoms with E-state index in [1.807, 2.05) is 36.2 Å². The van der Waals surface area contributed by atoms with Gasteiger partial charge in [-0.15, -0.1) is 0 Å². The maximum Gasteiger partial charge on any atom is 0.311 e. The second-order valence-corrected chi connectivity index (χ2v) is 5.44. The molecular formula is C15H18N4O2. The first-order valence-corrected chi connectivity index (χ1v) is 7.13. The molecule has 0 bridgehead atoms. The Hall–Kier alpha value is -2.21. The quantitative estimate of drug-likeness (QED) is 0.690. The molecule has 1 atom stereocenters. The smallest absolute Gasteiger partial charge is 0.311 e. The number of hydrogen-bond donors (Lipinski definition) is 1. The summed E-state index contributed by atoms with van der Waals surface area (Å²) in [5, 5.41) is 15.6. The van der Waals surface area contributed by atoms with Crippen molar-refractivity contribution in [1.29, 1.82) is 0 Å². The van der Waals surface area contributed by atoms with Crippen molar-refractivity contribution in [3.8, 4) is 0 Å². The molecule has 110 valence electrons. The minimum Gasteiger partial charge on any atom is -0.367 e. The summed E-state index contributed by atoms with van der Waals surface area (Å²) in [7, 11) is 1.91. The van der Waals surface area contributed by atoms with Crippen LogP contribution in [0.1, 0.15) is 12.8 Å². The number of pyridine rings is 1. The molecule has 2 heterocycles. The van der Waals surface area contributed by atoms with Crippen molar-refractivity contribution in [2.24, 2.45) is 0 Å². The molecule has 3 rings (SSSR count). The lowest BCUT2D eigenvalue weighted by atomic mass is 10.1. The van der Waals surface area contributed by atoms with Crippen molar-refractivity contribution in [2.45, 2.75) is 18.9 Å². The molecule has 1 aromatic carbocycles. The van der Waals surface area contributed by atoms with Crippen molar-refractivity contribution in [2.75, 3.05) is 25.0 Å². The molecule has 0 radical (unpaired) electrons. The number of fused-ring (bicyclic) bond motifs is 1. The fraction of sp³-hybridized carbons (Fsp3) is 0.400. The van der Waals surface area contributed by atoms with Gasteiger partial charge in [-0.05, 0) is 25.5 Å². The molecule has 1 aromatic heterocycles. The van der Waals surface area contributed by atoms with Crippen LogP contribution >= 0.6 is 0 Å². The van der Waals surface area contributed by atoms with Gasteiger partial charge in [-0.3, -0.25) is 10.1 Å². The largest absolute Gasteiger partial charge is 0.367 e. The number of rotatable bonds is 4. The maximum atomic E-state index is 11.3. The Bertz CT molecular complexity index is 668. The summed E-state index contributed by atoms with van der Waals surface area (Å²) in [5.74, 6) is 0. The van der Waals surface area contributed by atoms with Gasteiger partial charge in [0.1, 0.15) is 11.9 Å². The fourth-order valence-corrected chi connectivity index (χ4v) is 2.99. The van der Waals surface area contributed by atoms with E-state index in [4.69, 9.17) is 0 Å². The Morgan fingerprint density at radius 3 is 3.00 bits per heavy atom. The zero-order valence-electron chi connectivity index (χ0n) is 12.0. The molecule has 6 heteroatoms. The summed E-state index contributed by atoms with van der Waals surface area (Å²) in [5.41, 5.74) is 1.50. The number of para-hydroxylation sites is 1. The van der Waals surface area contributed by atoms with E-state index in [1.165, 1.54) is 6.20 Å². The van der Waals surface area contributed by atoms with Crippen molar-refractivity contribution >= 4 is 22.3 Å². The molecule has 2 aromatic rings. The standard InChI is InChI=1S/C15H18N4O2/c1-18(10-11-5-4-8-16-11)15-12-6-2-3-7-13(12)17-9-14(15)19(20)21/h2-3,6-7,9,11,16H,4-5,8,10H2,1H3. The predicted octanol–water partition coefficient (Wildman–Crippen LogP) is 2.33. The van der Waals surface area contributed by atoms with Gasteiger partial charge in [0, 0.05) is 25.0 Å². The molecule has 0 spiro atoms. The fourth-order valence-electron chi connectivity index (χ4n) is 2.99. The number of aromatic nitrogens is 1. The lowest BCUT2D eigenvalue weighted by Gasteiger charge is -2.24. The average Bonchev–Trinajstić information content (AvgIpc) is 2.98. The zero-order chi connectivity index (χ0) is 14.8. The Morgan fingerprint density at radius 1 is 1.48 bits per heavy atom. The molecule has 0 aliphatic carbocycles. The van der Waals surface area contributed by atoms with E-state index in [0.717, 1.165) is 36.8 Å². The van der Waals surface area contributed by atoms with Gasteiger partial charge in [0.05, 0.1) is 10.4 Å². The van der Waals surface area contributed by atoms with Crippen LogP contribution in [-0.2, 0) is 0 Å². The summed E-state index contributed by atoms with van der Waals surface area (Å²) in [6, 6.07) is 7.94. The first-order valence-electron chi connectivity index (χ1n) is 7.13. The molecule has 1 saturated heterocycles. The second-order valence-electron chi connectivity index (χ2n) is 5.44. The minimum atomic E-state index is -0.354. The first-order chi connectivity index (χ1) is 10.2. The molecular weight excluding hydrogens is 268 g/mol. The Morgan fingerprint density at radius 2 is 2.29 bits per heavy atom. The van der Waals surface area contributed by atoms with Gasteiger partial charge in [0.2, 0.25) is 0 Å². The van der Waals surface area contributed by atoms with Gasteiger partial charge in [-0.25, -0.2) is 4.98 Å². The van der Waals surface area contributed by atoms with Crippen molar-refractivity contribution in [1.82, 2.24) is 10.3 Å². The zero-order valence-corrected chi connectivity index (χ0v) is 12.0. The molecule has 0 saturated carbocycles. The van der Waals surface area contributed by atoms with Crippen LogP contribution < -0.4 is 10.2 Å². The van der Waals surface area contributed by atoms with Gasteiger partial charge in [0.15, 0.2) is 0 Å². The molecule has 0 amide bonds. The van der Waals surface area contributed by atoms with E-state index in [1.54, 1.807) is 0 Å². The number of nitrogens with one attached hydrogen (secondary N) is 1. The molecule has 1 fully saturated rings. The minimum absolute atomic E-state index is 0.0641. The monoisotopic (exact) mass is 286 g/mol. The summed E-state index contributed by atoms with van der Waals surface area (Å²) in [4.78, 5) is 17.1. The third-order valence-corrected chi connectivity index (χ3v) is 3.96. The highest BCUT2D eigenvalue weighted by molar-refractivity contribution is 5.96. The van der Waals surface area contributed by atoms with Crippen LogP contribution in [0.5, 0.6) is 0 Å². The topological polar surface area (TPSA) is 71.3 Å². The number of nitro groups is 1. The number of nitrogens with zero attached hydrogens (tertiary/aromatic N) is 3. The Balaban J connectivity index is 2.04. The normalized spacial score (nSPS) is 18.0. The summed E-state index contributed by atoms with van der Waals surface area (Å²) < 4.78 is 0. The lowest BCUT2D eigenvalue weighted by molar-refractivity contribution is -0.384. The molecule has 1 N–H and O–H groups in total. The van der Waals surface area contributed by atoms with Crippen molar-refractivity contribution in [3.63, 3.8) is 0 Å². The van der Waals surface area contributed by atoms with Crippen molar-refractivity contribution in [3.05, 3.63) is 40.6 Å². The lowest BCUT2D eigenvalue weighted by Crippen LogP contribution is -2.35. The van der Waals surface area contributed by atoms with E-state index in [2.05, 4.69) is 10.3 Å². The van der Waals surface area contributed by atoms with Gasteiger partial charge in [-0.1, -0.05) is 18.2 Å². The third-order valence-electron chi connectivity index (χ3n) is 3.96. The molecule has 6 nitrogen and oxygen atoms in total. The molecule has 21 heavy (non-hydrogen) atoms. The molecule has 1 unspecified atom stereocenters. The number of hydrogen-bond acceptors (Lipinski definition) is 5. The van der Waals surface area contributed by atoms with Crippen LogP contribution in [0.15, 0.2) is 30.5 Å². The SMILES string of the molecule is CN(CC1CCCN1)c1c([N+](=O)[O-])cnc2ccccc12. The molecule has 1 aliphatic rings. The highest BCUT2D eigenvalue weighted by atomic mass is 16.6. The highest BCUT2D eigenvalue weighted by Crippen LogP contribution is 2.34. The van der Waals surface area contributed by atoms with Crippen LogP contribution in [0.25, 0.3) is 10.9 Å². The van der Waals surface area contributed by atoms with E-state index in [9.17, 15) is 10.1 Å². The highest BCUT2D eigenvalue weighted by Gasteiger charge is 2.24. The summed E-state index contributed by atoms with van der Waals surface area (Å²) in [6.45, 7) is 1.78. The van der Waals surface area contributed by atoms with E-state index < -0.39 is 0 Å². The summed E-state index contributed by atoms with van der Waals surface area (Å²) >= 11 is 0. The first kappa shape index (κ1) is 13.8. The van der Waals surface area contributed by atoms with Gasteiger partial charge >= 0.3 is 5.69 Å². The number of anilines is 1. The van der Waals surface area contributed by atoms with Crippen LogP contribution in [0.3, 0.4) is 0 Å². The van der Waals surface area contributed by atoms with Gasteiger partial charge in [-0.2, -0.15) is 0 Å². The average molecular weight is 286 g/mol. The van der Waals surface area contributed by atoms with Crippen LogP contribution in [0.4, 0.5) is 11.4 Å². The van der Waals surface area contributed by atoms with Gasteiger partial charge < -0.3 is 10.2 Å². The van der Waals surface area contributed by atoms with Crippen LogP contribution in [0, 0.1) is 10.1 Å². The van der Waals surface area contributed by atoms with Crippen LogP contribution in [0.2, 0.25) is 0 Å². The van der Waals surface area contributed by atoms with Crippen LogP contribution in [-0.4, -0.2) is 36.1 Å². The second kappa shape index (κ2) is 5.65. The van der Waals surface area contributed by atoms with E-state index in [-0.39, 0.29) is 10.6 Å².